The normalized spacial score (nSPS) is 17.4. The highest BCUT2D eigenvalue weighted by atomic mass is 19.1. The largest absolute Gasteiger partial charge is 0.481 e. The van der Waals surface area contributed by atoms with Gasteiger partial charge in [0.05, 0.1) is 6.54 Å². The number of hydrogen-bond acceptors (Lipinski definition) is 4. The molecule has 7 heteroatoms. The SMILES string of the molecule is CC(Oc1cccc(F)c1)C(=O)N1CCCN(CC(N)=O)CC1. The van der Waals surface area contributed by atoms with Crippen LogP contribution >= 0.6 is 0 Å². The van der Waals surface area contributed by atoms with Gasteiger partial charge >= 0.3 is 0 Å². The fourth-order valence-electron chi connectivity index (χ4n) is 2.62. The Bertz CT molecular complexity index is 567. The van der Waals surface area contributed by atoms with Gasteiger partial charge in [0.25, 0.3) is 5.91 Å². The first-order valence-corrected chi connectivity index (χ1v) is 7.67. The van der Waals surface area contributed by atoms with E-state index in [2.05, 4.69) is 0 Å². The molecule has 1 heterocycles. The van der Waals surface area contributed by atoms with Crippen LogP contribution in [0.4, 0.5) is 4.39 Å². The second kappa shape index (κ2) is 7.92. The van der Waals surface area contributed by atoms with Crippen molar-refractivity contribution in [2.24, 2.45) is 5.73 Å². The van der Waals surface area contributed by atoms with Crippen LogP contribution < -0.4 is 10.5 Å². The molecule has 1 aromatic rings. The van der Waals surface area contributed by atoms with Gasteiger partial charge in [-0.2, -0.15) is 0 Å². The standard InChI is InChI=1S/C16H22FN3O3/c1-12(23-14-5-2-4-13(17)10-14)16(22)20-7-3-6-19(8-9-20)11-15(18)21/h2,4-5,10,12H,3,6-9,11H2,1H3,(H2,18,21). The number of primary amides is 1. The van der Waals surface area contributed by atoms with Crippen LogP contribution in [0.1, 0.15) is 13.3 Å². The van der Waals surface area contributed by atoms with E-state index >= 15 is 0 Å². The molecule has 1 aliphatic rings. The molecule has 0 bridgehead atoms. The van der Waals surface area contributed by atoms with Crippen LogP contribution in [0.15, 0.2) is 24.3 Å². The summed E-state index contributed by atoms with van der Waals surface area (Å²) in [6.07, 6.45) is 0.0746. The molecule has 0 spiro atoms. The van der Waals surface area contributed by atoms with E-state index in [4.69, 9.17) is 10.5 Å². The van der Waals surface area contributed by atoms with Crippen molar-refractivity contribution < 1.29 is 18.7 Å². The molecule has 1 aromatic carbocycles. The molecule has 6 nitrogen and oxygen atoms in total. The Hall–Kier alpha value is -2.15. The zero-order valence-corrected chi connectivity index (χ0v) is 13.2. The highest BCUT2D eigenvalue weighted by Gasteiger charge is 2.25. The number of carbonyl (C=O) groups is 2. The average Bonchev–Trinajstić information content (AvgIpc) is 2.71. The quantitative estimate of drug-likeness (QED) is 0.861. The van der Waals surface area contributed by atoms with Crippen molar-refractivity contribution in [2.45, 2.75) is 19.4 Å². The number of benzene rings is 1. The first-order chi connectivity index (χ1) is 11.0. The number of carbonyl (C=O) groups excluding carboxylic acids is 2. The van der Waals surface area contributed by atoms with Crippen LogP contribution in [0.25, 0.3) is 0 Å². The first-order valence-electron chi connectivity index (χ1n) is 7.67. The van der Waals surface area contributed by atoms with E-state index < -0.39 is 11.9 Å². The third-order valence-electron chi connectivity index (χ3n) is 3.74. The Kier molecular flexibility index (Phi) is 5.92. The Morgan fingerprint density at radius 3 is 2.78 bits per heavy atom. The maximum absolute atomic E-state index is 13.2. The van der Waals surface area contributed by atoms with E-state index in [1.165, 1.54) is 18.2 Å². The van der Waals surface area contributed by atoms with Gasteiger partial charge in [-0.25, -0.2) is 4.39 Å². The van der Waals surface area contributed by atoms with Crippen LogP contribution in [-0.2, 0) is 9.59 Å². The van der Waals surface area contributed by atoms with Crippen LogP contribution in [0.3, 0.4) is 0 Å². The van der Waals surface area contributed by atoms with Gasteiger partial charge in [-0.15, -0.1) is 0 Å². The van der Waals surface area contributed by atoms with Crippen molar-refractivity contribution in [1.82, 2.24) is 9.80 Å². The molecule has 1 unspecified atom stereocenters. The molecule has 0 saturated carbocycles. The summed E-state index contributed by atoms with van der Waals surface area (Å²) in [7, 11) is 0. The number of halogens is 1. The van der Waals surface area contributed by atoms with Crippen LogP contribution in [0.5, 0.6) is 5.75 Å². The number of amides is 2. The lowest BCUT2D eigenvalue weighted by atomic mass is 10.3. The molecule has 1 aliphatic heterocycles. The highest BCUT2D eigenvalue weighted by Crippen LogP contribution is 2.15. The van der Waals surface area contributed by atoms with Crippen molar-refractivity contribution in [1.29, 1.82) is 0 Å². The topological polar surface area (TPSA) is 75.9 Å². The summed E-state index contributed by atoms with van der Waals surface area (Å²) in [6.45, 7) is 4.30. The Labute approximate surface area is 135 Å². The molecule has 1 fully saturated rings. The second-order valence-corrected chi connectivity index (χ2v) is 5.64. The summed E-state index contributed by atoms with van der Waals surface area (Å²) in [5.41, 5.74) is 5.20. The fourth-order valence-corrected chi connectivity index (χ4v) is 2.62. The molecule has 0 radical (unpaired) electrons. The molecular weight excluding hydrogens is 301 g/mol. The molecular formula is C16H22FN3O3. The Balaban J connectivity index is 1.90. The van der Waals surface area contributed by atoms with Gasteiger partial charge in [0, 0.05) is 32.2 Å². The maximum Gasteiger partial charge on any atom is 0.263 e. The number of rotatable bonds is 5. The van der Waals surface area contributed by atoms with Crippen LogP contribution in [-0.4, -0.2) is 60.4 Å². The van der Waals surface area contributed by atoms with Gasteiger partial charge in [0.1, 0.15) is 11.6 Å². The number of hydrogen-bond donors (Lipinski definition) is 1. The average molecular weight is 323 g/mol. The van der Waals surface area contributed by atoms with Crippen LogP contribution in [0, 0.1) is 5.82 Å². The smallest absolute Gasteiger partial charge is 0.263 e. The zero-order valence-electron chi connectivity index (χ0n) is 13.2. The predicted octanol–water partition coefficient (Wildman–Crippen LogP) is 0.613. The van der Waals surface area contributed by atoms with Gasteiger partial charge in [-0.1, -0.05) is 6.07 Å². The maximum atomic E-state index is 13.2. The molecule has 2 amide bonds. The molecule has 126 valence electrons. The fraction of sp³-hybridized carbons (Fsp3) is 0.500. The highest BCUT2D eigenvalue weighted by molar-refractivity contribution is 5.81. The molecule has 2 rings (SSSR count). The first kappa shape index (κ1) is 17.2. The summed E-state index contributed by atoms with van der Waals surface area (Å²) < 4.78 is 18.7. The lowest BCUT2D eigenvalue weighted by Gasteiger charge is -2.25. The number of ether oxygens (including phenoxy) is 1. The zero-order chi connectivity index (χ0) is 16.8. The van der Waals surface area contributed by atoms with Gasteiger partial charge in [0.15, 0.2) is 6.10 Å². The van der Waals surface area contributed by atoms with Crippen molar-refractivity contribution in [3.63, 3.8) is 0 Å². The van der Waals surface area contributed by atoms with Crippen LogP contribution in [0.2, 0.25) is 0 Å². The lowest BCUT2D eigenvalue weighted by molar-refractivity contribution is -0.137. The predicted molar refractivity (Wildman–Crippen MR) is 83.3 cm³/mol. The van der Waals surface area contributed by atoms with Gasteiger partial charge < -0.3 is 15.4 Å². The van der Waals surface area contributed by atoms with Crippen molar-refractivity contribution in [3.8, 4) is 5.75 Å². The van der Waals surface area contributed by atoms with Gasteiger partial charge in [-0.3, -0.25) is 14.5 Å². The third kappa shape index (κ3) is 5.21. The van der Waals surface area contributed by atoms with E-state index in [0.29, 0.717) is 25.4 Å². The summed E-state index contributed by atoms with van der Waals surface area (Å²) in [4.78, 5) is 27.1. The summed E-state index contributed by atoms with van der Waals surface area (Å²) in [5.74, 6) is -0.585. The number of nitrogens with two attached hydrogens (primary N) is 1. The summed E-state index contributed by atoms with van der Waals surface area (Å²) in [5, 5.41) is 0. The Morgan fingerprint density at radius 1 is 1.30 bits per heavy atom. The molecule has 1 saturated heterocycles. The Morgan fingerprint density at radius 2 is 2.09 bits per heavy atom. The van der Waals surface area contributed by atoms with E-state index in [1.807, 2.05) is 4.90 Å². The number of nitrogens with zero attached hydrogens (tertiary/aromatic N) is 2. The lowest BCUT2D eigenvalue weighted by Crippen LogP contribution is -2.43. The van der Waals surface area contributed by atoms with Crippen molar-refractivity contribution >= 4 is 11.8 Å². The minimum absolute atomic E-state index is 0.143. The second-order valence-electron chi connectivity index (χ2n) is 5.64. The van der Waals surface area contributed by atoms with E-state index in [1.54, 1.807) is 17.9 Å². The summed E-state index contributed by atoms with van der Waals surface area (Å²) in [6, 6.07) is 5.72. The molecule has 0 aliphatic carbocycles. The third-order valence-corrected chi connectivity index (χ3v) is 3.74. The molecule has 2 N–H and O–H groups in total. The molecule has 1 atom stereocenters. The summed E-state index contributed by atoms with van der Waals surface area (Å²) >= 11 is 0. The van der Waals surface area contributed by atoms with Gasteiger partial charge in [-0.05, 0) is 25.5 Å². The molecule has 0 aromatic heterocycles. The van der Waals surface area contributed by atoms with E-state index in [0.717, 1.165) is 13.0 Å². The molecule has 23 heavy (non-hydrogen) atoms. The van der Waals surface area contributed by atoms with E-state index in [-0.39, 0.29) is 18.4 Å². The van der Waals surface area contributed by atoms with Crippen molar-refractivity contribution in [3.05, 3.63) is 30.1 Å². The van der Waals surface area contributed by atoms with Gasteiger partial charge in [0.2, 0.25) is 5.91 Å². The minimum Gasteiger partial charge on any atom is -0.481 e. The van der Waals surface area contributed by atoms with Crippen molar-refractivity contribution in [2.75, 3.05) is 32.7 Å². The van der Waals surface area contributed by atoms with E-state index in [9.17, 15) is 14.0 Å². The monoisotopic (exact) mass is 323 g/mol. The minimum atomic E-state index is -0.695.